The SMILES string of the molecule is CCOP(=O)(C=Cc1cccc(OCCCN2C(=O)c3ccccc3C2=O)c1)OCC. The number of amides is 2. The van der Waals surface area contributed by atoms with Crippen molar-refractivity contribution in [3.05, 3.63) is 71.0 Å². The van der Waals surface area contributed by atoms with Crippen LogP contribution in [0.5, 0.6) is 5.75 Å². The number of carbonyl (C=O) groups is 2. The van der Waals surface area contributed by atoms with Gasteiger partial charge in [-0.2, -0.15) is 0 Å². The van der Waals surface area contributed by atoms with Gasteiger partial charge in [-0.05, 0) is 56.2 Å². The lowest BCUT2D eigenvalue weighted by Gasteiger charge is -2.14. The number of rotatable bonds is 11. The van der Waals surface area contributed by atoms with Crippen molar-refractivity contribution in [2.75, 3.05) is 26.4 Å². The summed E-state index contributed by atoms with van der Waals surface area (Å²) in [4.78, 5) is 26.0. The van der Waals surface area contributed by atoms with Crippen molar-refractivity contribution in [3.8, 4) is 5.75 Å². The van der Waals surface area contributed by atoms with Gasteiger partial charge >= 0.3 is 7.60 Å². The molecule has 164 valence electrons. The summed E-state index contributed by atoms with van der Waals surface area (Å²) < 4.78 is 28.8. The van der Waals surface area contributed by atoms with Gasteiger partial charge in [0.1, 0.15) is 5.75 Å². The first-order chi connectivity index (χ1) is 15.0. The summed E-state index contributed by atoms with van der Waals surface area (Å²) in [5, 5.41) is 0. The number of imide groups is 1. The van der Waals surface area contributed by atoms with Crippen LogP contribution in [-0.2, 0) is 13.6 Å². The van der Waals surface area contributed by atoms with Gasteiger partial charge in [0.2, 0.25) is 0 Å². The zero-order valence-corrected chi connectivity index (χ0v) is 18.5. The van der Waals surface area contributed by atoms with E-state index in [2.05, 4.69) is 0 Å². The van der Waals surface area contributed by atoms with E-state index in [0.29, 0.717) is 29.9 Å². The molecule has 0 spiro atoms. The van der Waals surface area contributed by atoms with Gasteiger partial charge in [-0.3, -0.25) is 19.1 Å². The molecule has 0 saturated carbocycles. The molecule has 7 nitrogen and oxygen atoms in total. The molecule has 8 heteroatoms. The standard InChI is InChI=1S/C23H26NO6P/c1-3-29-31(27,30-4-2)16-13-18-9-7-10-19(17-18)28-15-8-14-24-22(25)20-11-5-6-12-21(20)23(24)26/h5-7,9-13,16-17H,3-4,8,14-15H2,1-2H3. The molecule has 0 bridgehead atoms. The van der Waals surface area contributed by atoms with Crippen LogP contribution in [0.3, 0.4) is 0 Å². The molecule has 31 heavy (non-hydrogen) atoms. The Morgan fingerprint density at radius 1 is 0.935 bits per heavy atom. The first-order valence-electron chi connectivity index (χ1n) is 10.2. The summed E-state index contributed by atoms with van der Waals surface area (Å²) in [7, 11) is -3.27. The second-order valence-corrected chi connectivity index (χ2v) is 8.67. The first kappa shape index (κ1) is 22.9. The van der Waals surface area contributed by atoms with Gasteiger partial charge < -0.3 is 13.8 Å². The molecule has 1 aliphatic rings. The molecule has 2 aromatic rings. The first-order valence-corrected chi connectivity index (χ1v) is 11.8. The van der Waals surface area contributed by atoms with E-state index in [1.54, 1.807) is 50.3 Å². The van der Waals surface area contributed by atoms with Crippen LogP contribution in [0.1, 0.15) is 46.5 Å². The minimum atomic E-state index is -3.27. The molecule has 2 amide bonds. The Hall–Kier alpha value is -2.73. The van der Waals surface area contributed by atoms with Crippen LogP contribution in [-0.4, -0.2) is 43.1 Å². The average Bonchev–Trinajstić information content (AvgIpc) is 3.01. The largest absolute Gasteiger partial charge is 0.494 e. The summed E-state index contributed by atoms with van der Waals surface area (Å²) >= 11 is 0. The van der Waals surface area contributed by atoms with Gasteiger partial charge in [-0.25, -0.2) is 0 Å². The van der Waals surface area contributed by atoms with E-state index in [0.717, 1.165) is 5.56 Å². The van der Waals surface area contributed by atoms with Gasteiger partial charge in [0, 0.05) is 12.4 Å². The van der Waals surface area contributed by atoms with E-state index in [4.69, 9.17) is 13.8 Å². The predicted molar refractivity (Wildman–Crippen MR) is 118 cm³/mol. The van der Waals surface area contributed by atoms with E-state index in [1.807, 2.05) is 18.2 Å². The molecular weight excluding hydrogens is 417 g/mol. The Morgan fingerprint density at radius 3 is 2.19 bits per heavy atom. The fourth-order valence-electron chi connectivity index (χ4n) is 3.22. The van der Waals surface area contributed by atoms with Crippen molar-refractivity contribution in [2.45, 2.75) is 20.3 Å². The van der Waals surface area contributed by atoms with Crippen LogP contribution in [0.25, 0.3) is 6.08 Å². The zero-order chi connectivity index (χ0) is 22.3. The Morgan fingerprint density at radius 2 is 1.58 bits per heavy atom. The quantitative estimate of drug-likeness (QED) is 0.277. The van der Waals surface area contributed by atoms with Gasteiger partial charge in [-0.1, -0.05) is 24.3 Å². The number of carbonyl (C=O) groups excluding carboxylic acids is 2. The third-order valence-electron chi connectivity index (χ3n) is 4.60. The molecule has 0 saturated heterocycles. The molecule has 0 aliphatic carbocycles. The number of ether oxygens (including phenoxy) is 1. The van der Waals surface area contributed by atoms with Crippen LogP contribution in [0.15, 0.2) is 54.3 Å². The Kier molecular flexibility index (Phi) is 7.80. The zero-order valence-electron chi connectivity index (χ0n) is 17.7. The number of hydrogen-bond acceptors (Lipinski definition) is 6. The summed E-state index contributed by atoms with van der Waals surface area (Å²) in [6, 6.07) is 14.1. The molecule has 0 radical (unpaired) electrons. The van der Waals surface area contributed by atoms with Gasteiger partial charge in [0.25, 0.3) is 11.8 Å². The molecule has 0 unspecified atom stereocenters. The molecule has 1 aliphatic heterocycles. The highest BCUT2D eigenvalue weighted by molar-refractivity contribution is 7.57. The molecule has 3 rings (SSSR count). The number of benzene rings is 2. The summed E-state index contributed by atoms with van der Waals surface area (Å²) in [6.45, 7) is 4.73. The van der Waals surface area contributed by atoms with Crippen LogP contribution >= 0.6 is 7.60 Å². The smallest absolute Gasteiger partial charge is 0.354 e. The summed E-state index contributed by atoms with van der Waals surface area (Å²) in [5.41, 5.74) is 1.69. The highest BCUT2D eigenvalue weighted by Gasteiger charge is 2.34. The maximum atomic E-state index is 12.5. The minimum absolute atomic E-state index is 0.263. The van der Waals surface area contributed by atoms with Crippen molar-refractivity contribution < 1.29 is 27.9 Å². The topological polar surface area (TPSA) is 82.1 Å². The third-order valence-corrected chi connectivity index (χ3v) is 6.35. The maximum absolute atomic E-state index is 12.5. The van der Waals surface area contributed by atoms with Gasteiger partial charge in [0.05, 0.1) is 30.9 Å². The minimum Gasteiger partial charge on any atom is -0.494 e. The van der Waals surface area contributed by atoms with E-state index in [1.165, 1.54) is 10.7 Å². The fraction of sp³-hybridized carbons (Fsp3) is 0.304. The number of fused-ring (bicyclic) bond motifs is 1. The molecule has 0 fully saturated rings. The second kappa shape index (κ2) is 10.5. The lowest BCUT2D eigenvalue weighted by molar-refractivity contribution is 0.0646. The molecular formula is C23H26NO6P. The molecule has 2 aromatic carbocycles. The van der Waals surface area contributed by atoms with Gasteiger partial charge in [-0.15, -0.1) is 0 Å². The average molecular weight is 443 g/mol. The molecule has 0 N–H and O–H groups in total. The number of hydrogen-bond donors (Lipinski definition) is 0. The van der Waals surface area contributed by atoms with E-state index in [-0.39, 0.29) is 31.6 Å². The van der Waals surface area contributed by atoms with Crippen molar-refractivity contribution in [2.24, 2.45) is 0 Å². The second-order valence-electron chi connectivity index (χ2n) is 6.77. The van der Waals surface area contributed by atoms with Crippen LogP contribution in [0.2, 0.25) is 0 Å². The molecule has 0 atom stereocenters. The van der Waals surface area contributed by atoms with Gasteiger partial charge in [0.15, 0.2) is 0 Å². The monoisotopic (exact) mass is 443 g/mol. The number of nitrogens with zero attached hydrogens (tertiary/aromatic N) is 1. The lowest BCUT2D eigenvalue weighted by atomic mass is 10.1. The predicted octanol–water partition coefficient (Wildman–Crippen LogP) is 4.99. The molecule has 0 aromatic heterocycles. The van der Waals surface area contributed by atoms with Crippen molar-refractivity contribution in [3.63, 3.8) is 0 Å². The maximum Gasteiger partial charge on any atom is 0.354 e. The van der Waals surface area contributed by atoms with E-state index >= 15 is 0 Å². The van der Waals surface area contributed by atoms with Crippen LogP contribution in [0, 0.1) is 0 Å². The summed E-state index contributed by atoms with van der Waals surface area (Å²) in [5.74, 6) is 1.55. The highest BCUT2D eigenvalue weighted by atomic mass is 31.2. The van der Waals surface area contributed by atoms with Crippen molar-refractivity contribution in [1.82, 2.24) is 4.90 Å². The third kappa shape index (κ3) is 5.70. The van der Waals surface area contributed by atoms with E-state index in [9.17, 15) is 14.2 Å². The lowest BCUT2D eigenvalue weighted by Crippen LogP contribution is -2.31. The Bertz CT molecular complexity index is 974. The summed E-state index contributed by atoms with van der Waals surface area (Å²) in [6.07, 6.45) is 2.19. The normalized spacial score (nSPS) is 13.8. The highest BCUT2D eigenvalue weighted by Crippen LogP contribution is 2.50. The Labute approximate surface area is 182 Å². The van der Waals surface area contributed by atoms with Crippen LogP contribution < -0.4 is 4.74 Å². The Balaban J connectivity index is 1.53. The van der Waals surface area contributed by atoms with Crippen molar-refractivity contribution in [1.29, 1.82) is 0 Å². The fourth-order valence-corrected chi connectivity index (χ4v) is 4.54. The van der Waals surface area contributed by atoms with E-state index < -0.39 is 7.60 Å². The van der Waals surface area contributed by atoms with Crippen LogP contribution in [0.4, 0.5) is 0 Å². The van der Waals surface area contributed by atoms with Crippen molar-refractivity contribution >= 4 is 25.5 Å². The molecule has 1 heterocycles.